The van der Waals surface area contributed by atoms with E-state index in [4.69, 9.17) is 0 Å². The fourth-order valence-electron chi connectivity index (χ4n) is 4.56. The lowest BCUT2D eigenvalue weighted by Gasteiger charge is -2.39. The second kappa shape index (κ2) is 7.74. The zero-order valence-corrected chi connectivity index (χ0v) is 16.5. The van der Waals surface area contributed by atoms with Gasteiger partial charge in [-0.05, 0) is 61.4 Å². The number of nitrogens with zero attached hydrogens (tertiary/aromatic N) is 2. The number of rotatable bonds is 4. The molecule has 2 aliphatic rings. The van der Waals surface area contributed by atoms with Gasteiger partial charge in [0.15, 0.2) is 0 Å². The van der Waals surface area contributed by atoms with Gasteiger partial charge in [0.25, 0.3) is 11.8 Å². The van der Waals surface area contributed by atoms with Crippen molar-refractivity contribution in [1.82, 2.24) is 15.2 Å². The average Bonchev–Trinajstić information content (AvgIpc) is 2.98. The number of hydrogen-bond acceptors (Lipinski definition) is 3. The Hall–Kier alpha value is -2.69. The summed E-state index contributed by atoms with van der Waals surface area (Å²) in [5.41, 5.74) is 2.64. The van der Waals surface area contributed by atoms with Gasteiger partial charge in [-0.25, -0.2) is 0 Å². The number of carbonyl (C=O) groups is 2. The van der Waals surface area contributed by atoms with Crippen LogP contribution in [0.15, 0.2) is 48.8 Å². The first-order valence-electron chi connectivity index (χ1n) is 10.2. The highest BCUT2D eigenvalue weighted by Gasteiger charge is 2.43. The molecule has 1 N–H and O–H groups in total. The van der Waals surface area contributed by atoms with Crippen molar-refractivity contribution in [2.45, 2.75) is 63.6 Å². The van der Waals surface area contributed by atoms with Crippen LogP contribution in [0.5, 0.6) is 0 Å². The number of pyridine rings is 1. The summed E-state index contributed by atoms with van der Waals surface area (Å²) in [4.78, 5) is 31.6. The molecule has 0 radical (unpaired) electrons. The summed E-state index contributed by atoms with van der Waals surface area (Å²) in [6, 6.07) is 12.0. The van der Waals surface area contributed by atoms with Crippen molar-refractivity contribution in [3.05, 3.63) is 65.5 Å². The Bertz CT molecular complexity index is 834. The molecular formula is C23H27N3O2. The van der Waals surface area contributed by atoms with Crippen LogP contribution >= 0.6 is 0 Å². The summed E-state index contributed by atoms with van der Waals surface area (Å²) in [5, 5.41) is 3.15. The zero-order chi connectivity index (χ0) is 19.7. The minimum atomic E-state index is -0.0594. The molecule has 0 saturated carbocycles. The van der Waals surface area contributed by atoms with Crippen LogP contribution in [0, 0.1) is 0 Å². The number of aromatic nitrogens is 1. The van der Waals surface area contributed by atoms with Gasteiger partial charge in [0.1, 0.15) is 0 Å². The monoisotopic (exact) mass is 377 g/mol. The van der Waals surface area contributed by atoms with Crippen molar-refractivity contribution in [3.8, 4) is 0 Å². The lowest BCUT2D eigenvalue weighted by molar-refractivity contribution is 0.0549. The molecule has 5 heteroatoms. The predicted molar refractivity (Wildman–Crippen MR) is 108 cm³/mol. The quantitative estimate of drug-likeness (QED) is 0.882. The molecular weight excluding hydrogens is 350 g/mol. The second-order valence-corrected chi connectivity index (χ2v) is 8.25. The topological polar surface area (TPSA) is 62.3 Å². The highest BCUT2D eigenvalue weighted by atomic mass is 16.2. The third-order valence-corrected chi connectivity index (χ3v) is 6.07. The molecule has 2 atom stereocenters. The van der Waals surface area contributed by atoms with Gasteiger partial charge in [0.05, 0.1) is 0 Å². The third-order valence-electron chi connectivity index (χ3n) is 6.07. The molecule has 3 heterocycles. The molecule has 2 aromatic rings. The Labute approximate surface area is 166 Å². The van der Waals surface area contributed by atoms with E-state index in [0.717, 1.165) is 31.2 Å². The molecule has 2 saturated heterocycles. The zero-order valence-electron chi connectivity index (χ0n) is 16.5. The minimum absolute atomic E-state index is 0.0594. The van der Waals surface area contributed by atoms with E-state index >= 15 is 0 Å². The maximum Gasteiger partial charge on any atom is 0.254 e. The van der Waals surface area contributed by atoms with Gasteiger partial charge >= 0.3 is 0 Å². The Morgan fingerprint density at radius 1 is 0.964 bits per heavy atom. The van der Waals surface area contributed by atoms with Crippen molar-refractivity contribution >= 4 is 11.8 Å². The third kappa shape index (κ3) is 3.66. The molecule has 1 aromatic heterocycles. The van der Waals surface area contributed by atoms with Crippen molar-refractivity contribution in [2.75, 3.05) is 0 Å². The van der Waals surface area contributed by atoms with Gasteiger partial charge in [0, 0.05) is 41.6 Å². The number of fused-ring (bicyclic) bond motifs is 2. The van der Waals surface area contributed by atoms with E-state index in [1.807, 2.05) is 12.1 Å². The first-order chi connectivity index (χ1) is 13.5. The van der Waals surface area contributed by atoms with Crippen molar-refractivity contribution < 1.29 is 9.59 Å². The molecule has 2 aliphatic heterocycles. The fraction of sp³-hybridized carbons (Fsp3) is 0.435. The highest BCUT2D eigenvalue weighted by molar-refractivity contribution is 5.95. The number of piperidine rings is 1. The minimum Gasteiger partial charge on any atom is -0.349 e. The first-order valence-corrected chi connectivity index (χ1v) is 10.2. The van der Waals surface area contributed by atoms with E-state index in [1.165, 1.54) is 5.56 Å². The summed E-state index contributed by atoms with van der Waals surface area (Å²) in [6.45, 7) is 4.31. The number of hydrogen-bond donors (Lipinski definition) is 1. The van der Waals surface area contributed by atoms with Crippen molar-refractivity contribution in [3.63, 3.8) is 0 Å². The van der Waals surface area contributed by atoms with E-state index in [-0.39, 0.29) is 29.9 Å². The molecule has 2 fully saturated rings. The van der Waals surface area contributed by atoms with Gasteiger partial charge in [-0.1, -0.05) is 26.0 Å². The van der Waals surface area contributed by atoms with Crippen LogP contribution < -0.4 is 5.32 Å². The standard InChI is InChI=1S/C23H27N3O2/c1-15(2)16-3-5-18(6-4-16)23(28)26-20-7-8-21(26)14-19(13-20)25-22(27)17-9-11-24-12-10-17/h3-6,9-12,15,19-21H,7-8,13-14H2,1-2H3,(H,25,27). The lowest BCUT2D eigenvalue weighted by Crippen LogP contribution is -2.52. The van der Waals surface area contributed by atoms with E-state index in [2.05, 4.69) is 41.2 Å². The largest absolute Gasteiger partial charge is 0.349 e. The summed E-state index contributed by atoms with van der Waals surface area (Å²) in [7, 11) is 0. The van der Waals surface area contributed by atoms with Crippen LogP contribution in [0.2, 0.25) is 0 Å². The van der Waals surface area contributed by atoms with Gasteiger partial charge in [0.2, 0.25) is 0 Å². The van der Waals surface area contributed by atoms with E-state index in [0.29, 0.717) is 11.5 Å². The van der Waals surface area contributed by atoms with Gasteiger partial charge in [-0.15, -0.1) is 0 Å². The van der Waals surface area contributed by atoms with Gasteiger partial charge in [-0.3, -0.25) is 14.6 Å². The summed E-state index contributed by atoms with van der Waals surface area (Å²) in [5.74, 6) is 0.526. The average molecular weight is 377 g/mol. The molecule has 0 spiro atoms. The number of nitrogens with one attached hydrogen (secondary N) is 1. The van der Waals surface area contributed by atoms with Crippen LogP contribution in [0.1, 0.15) is 71.7 Å². The van der Waals surface area contributed by atoms with Crippen molar-refractivity contribution in [1.29, 1.82) is 0 Å². The molecule has 146 valence electrons. The Balaban J connectivity index is 1.42. The first kappa shape index (κ1) is 18.7. The van der Waals surface area contributed by atoms with Crippen LogP contribution in [0.3, 0.4) is 0 Å². The van der Waals surface area contributed by atoms with E-state index in [1.54, 1.807) is 24.5 Å². The molecule has 2 unspecified atom stereocenters. The van der Waals surface area contributed by atoms with Crippen LogP contribution in [0.25, 0.3) is 0 Å². The summed E-state index contributed by atoms with van der Waals surface area (Å²) in [6.07, 6.45) is 6.94. The lowest BCUT2D eigenvalue weighted by atomic mass is 9.95. The number of benzene rings is 1. The molecule has 1 aromatic carbocycles. The smallest absolute Gasteiger partial charge is 0.254 e. The molecule has 2 bridgehead atoms. The molecule has 28 heavy (non-hydrogen) atoms. The van der Waals surface area contributed by atoms with E-state index in [9.17, 15) is 9.59 Å². The van der Waals surface area contributed by atoms with Crippen LogP contribution in [-0.4, -0.2) is 39.8 Å². The Morgan fingerprint density at radius 2 is 1.57 bits per heavy atom. The normalized spacial score (nSPS) is 23.7. The van der Waals surface area contributed by atoms with Gasteiger partial charge < -0.3 is 10.2 Å². The maximum atomic E-state index is 13.1. The number of amides is 2. The maximum absolute atomic E-state index is 13.1. The number of carbonyl (C=O) groups excluding carboxylic acids is 2. The van der Waals surface area contributed by atoms with Crippen molar-refractivity contribution in [2.24, 2.45) is 0 Å². The SMILES string of the molecule is CC(C)c1ccc(C(=O)N2C3CCC2CC(NC(=O)c2ccncc2)C3)cc1. The summed E-state index contributed by atoms with van der Waals surface area (Å²) >= 11 is 0. The highest BCUT2D eigenvalue weighted by Crippen LogP contribution is 2.37. The molecule has 5 nitrogen and oxygen atoms in total. The Morgan fingerprint density at radius 3 is 2.14 bits per heavy atom. The molecule has 4 rings (SSSR count). The van der Waals surface area contributed by atoms with Gasteiger partial charge in [-0.2, -0.15) is 0 Å². The van der Waals surface area contributed by atoms with E-state index < -0.39 is 0 Å². The predicted octanol–water partition coefficient (Wildman–Crippen LogP) is 3.77. The molecule has 0 aliphatic carbocycles. The fourth-order valence-corrected chi connectivity index (χ4v) is 4.56. The van der Waals surface area contributed by atoms with Crippen LogP contribution in [0.4, 0.5) is 0 Å². The summed E-state index contributed by atoms with van der Waals surface area (Å²) < 4.78 is 0. The van der Waals surface area contributed by atoms with Crippen LogP contribution in [-0.2, 0) is 0 Å². The second-order valence-electron chi connectivity index (χ2n) is 8.25. The molecule has 2 amide bonds. The Kier molecular flexibility index (Phi) is 5.16.